The number of carbonyl (C=O) groups is 1. The van der Waals surface area contributed by atoms with Crippen LogP contribution in [0.25, 0.3) is 0 Å². The molecule has 5 nitrogen and oxygen atoms in total. The summed E-state index contributed by atoms with van der Waals surface area (Å²) in [6.45, 7) is 2.47. The van der Waals surface area contributed by atoms with Gasteiger partial charge in [-0.25, -0.2) is 4.79 Å². The molecule has 23 heavy (non-hydrogen) atoms. The number of hydrogen-bond acceptors (Lipinski definition) is 3. The van der Waals surface area contributed by atoms with E-state index in [4.69, 9.17) is 4.74 Å². The van der Waals surface area contributed by atoms with E-state index in [0.717, 1.165) is 23.3 Å². The summed E-state index contributed by atoms with van der Waals surface area (Å²) in [4.78, 5) is 15.1. The quantitative estimate of drug-likeness (QED) is 0.921. The molecule has 0 unspecified atom stereocenters. The van der Waals surface area contributed by atoms with Crippen LogP contribution >= 0.6 is 0 Å². The molecule has 1 N–H and O–H groups in total. The number of nitrogens with one attached hydrogen (secondary N) is 1. The SMILES string of the molecule is C[S@](=O)c1ccc(CNC(=O)N2CCOC3(CCCC3)C2)cc1. The minimum atomic E-state index is -0.968. The van der Waals surface area contributed by atoms with Gasteiger partial charge in [0.05, 0.1) is 18.8 Å². The van der Waals surface area contributed by atoms with Crippen molar-refractivity contribution >= 4 is 16.8 Å². The maximum absolute atomic E-state index is 12.4. The van der Waals surface area contributed by atoms with E-state index in [0.29, 0.717) is 26.2 Å². The highest BCUT2D eigenvalue weighted by molar-refractivity contribution is 7.84. The van der Waals surface area contributed by atoms with E-state index in [1.807, 2.05) is 29.2 Å². The van der Waals surface area contributed by atoms with Gasteiger partial charge in [-0.15, -0.1) is 0 Å². The maximum atomic E-state index is 12.4. The highest BCUT2D eigenvalue weighted by Gasteiger charge is 2.40. The summed E-state index contributed by atoms with van der Waals surface area (Å²) in [5.41, 5.74) is 0.916. The Morgan fingerprint density at radius 3 is 2.65 bits per heavy atom. The lowest BCUT2D eigenvalue weighted by Crippen LogP contribution is -2.54. The number of benzene rings is 1. The predicted molar refractivity (Wildman–Crippen MR) is 89.7 cm³/mol. The van der Waals surface area contributed by atoms with Crippen LogP contribution in [0.5, 0.6) is 0 Å². The van der Waals surface area contributed by atoms with E-state index in [1.165, 1.54) is 12.8 Å². The minimum Gasteiger partial charge on any atom is -0.371 e. The van der Waals surface area contributed by atoms with Crippen LogP contribution in [0, 0.1) is 0 Å². The first-order valence-electron chi connectivity index (χ1n) is 8.17. The normalized spacial score (nSPS) is 21.3. The Kier molecular flexibility index (Phi) is 5.02. The minimum absolute atomic E-state index is 0.0253. The van der Waals surface area contributed by atoms with Gasteiger partial charge in [0.1, 0.15) is 0 Å². The predicted octanol–water partition coefficient (Wildman–Crippen LogP) is 2.28. The second kappa shape index (κ2) is 7.01. The van der Waals surface area contributed by atoms with Crippen molar-refractivity contribution in [3.63, 3.8) is 0 Å². The molecule has 3 rings (SSSR count). The molecule has 1 spiro atoms. The van der Waals surface area contributed by atoms with Gasteiger partial charge in [0.25, 0.3) is 0 Å². The number of rotatable bonds is 3. The molecule has 1 aliphatic carbocycles. The number of carbonyl (C=O) groups excluding carboxylic acids is 1. The van der Waals surface area contributed by atoms with E-state index < -0.39 is 10.8 Å². The maximum Gasteiger partial charge on any atom is 0.317 e. The van der Waals surface area contributed by atoms with Gasteiger partial charge >= 0.3 is 6.03 Å². The summed E-state index contributed by atoms with van der Waals surface area (Å²) >= 11 is 0. The van der Waals surface area contributed by atoms with E-state index in [-0.39, 0.29) is 11.6 Å². The van der Waals surface area contributed by atoms with Crippen molar-refractivity contribution in [1.29, 1.82) is 0 Å². The third-order valence-corrected chi connectivity index (χ3v) is 5.69. The highest BCUT2D eigenvalue weighted by atomic mass is 32.2. The van der Waals surface area contributed by atoms with Gasteiger partial charge < -0.3 is 15.0 Å². The first-order chi connectivity index (χ1) is 11.1. The van der Waals surface area contributed by atoms with E-state index >= 15 is 0 Å². The molecule has 1 aromatic rings. The van der Waals surface area contributed by atoms with Crippen molar-refractivity contribution < 1.29 is 13.7 Å². The van der Waals surface area contributed by atoms with Crippen LogP contribution in [-0.4, -0.2) is 46.7 Å². The summed E-state index contributed by atoms with van der Waals surface area (Å²) in [7, 11) is -0.968. The zero-order valence-electron chi connectivity index (χ0n) is 13.5. The molecule has 0 aromatic heterocycles. The Labute approximate surface area is 139 Å². The van der Waals surface area contributed by atoms with Crippen molar-refractivity contribution in [2.75, 3.05) is 26.0 Å². The molecule has 2 amide bonds. The van der Waals surface area contributed by atoms with Gasteiger partial charge in [0.2, 0.25) is 0 Å². The van der Waals surface area contributed by atoms with Gasteiger partial charge in [-0.2, -0.15) is 0 Å². The van der Waals surface area contributed by atoms with Crippen LogP contribution in [0.1, 0.15) is 31.2 Å². The van der Waals surface area contributed by atoms with E-state index in [9.17, 15) is 9.00 Å². The zero-order valence-corrected chi connectivity index (χ0v) is 14.4. The van der Waals surface area contributed by atoms with Crippen LogP contribution in [0.2, 0.25) is 0 Å². The third-order valence-electron chi connectivity index (χ3n) is 4.75. The molecule has 2 aliphatic rings. The average Bonchev–Trinajstić information content (AvgIpc) is 3.00. The lowest BCUT2D eigenvalue weighted by atomic mass is 10.00. The first-order valence-corrected chi connectivity index (χ1v) is 9.73. The van der Waals surface area contributed by atoms with Gasteiger partial charge in [-0.1, -0.05) is 25.0 Å². The Hall–Kier alpha value is -1.40. The smallest absolute Gasteiger partial charge is 0.317 e. The van der Waals surface area contributed by atoms with E-state index in [2.05, 4.69) is 5.32 Å². The monoisotopic (exact) mass is 336 g/mol. The summed E-state index contributed by atoms with van der Waals surface area (Å²) in [6.07, 6.45) is 6.17. The van der Waals surface area contributed by atoms with Crippen LogP contribution < -0.4 is 5.32 Å². The molecule has 0 bridgehead atoms. The number of nitrogens with zero attached hydrogens (tertiary/aromatic N) is 1. The van der Waals surface area contributed by atoms with Gasteiger partial charge in [-0.05, 0) is 30.5 Å². The summed E-state index contributed by atoms with van der Waals surface area (Å²) < 4.78 is 17.3. The summed E-state index contributed by atoms with van der Waals surface area (Å²) in [6, 6.07) is 7.49. The number of hydrogen-bond donors (Lipinski definition) is 1. The first kappa shape index (κ1) is 16.5. The molecule has 0 radical (unpaired) electrons. The Morgan fingerprint density at radius 2 is 2.00 bits per heavy atom. The van der Waals surface area contributed by atoms with Crippen LogP contribution in [0.15, 0.2) is 29.2 Å². The van der Waals surface area contributed by atoms with Crippen molar-refractivity contribution in [3.05, 3.63) is 29.8 Å². The van der Waals surface area contributed by atoms with Crippen molar-refractivity contribution in [2.45, 2.75) is 42.7 Å². The molecule has 126 valence electrons. The second-order valence-electron chi connectivity index (χ2n) is 6.42. The molecular weight excluding hydrogens is 312 g/mol. The standard InChI is InChI=1S/C17H24N2O3S/c1-23(21)15-6-4-14(5-7-15)12-18-16(20)19-10-11-22-17(13-19)8-2-3-9-17/h4-7H,2-3,8-13H2,1H3,(H,18,20)/t23-/m0/s1. The Morgan fingerprint density at radius 1 is 1.30 bits per heavy atom. The lowest BCUT2D eigenvalue weighted by Gasteiger charge is -2.40. The third kappa shape index (κ3) is 3.93. The molecule has 1 saturated heterocycles. The van der Waals surface area contributed by atoms with Gasteiger partial charge in [0.15, 0.2) is 0 Å². The average molecular weight is 336 g/mol. The zero-order chi connectivity index (χ0) is 16.3. The van der Waals surface area contributed by atoms with Crippen molar-refractivity contribution in [1.82, 2.24) is 10.2 Å². The molecule has 1 aliphatic heterocycles. The molecule has 1 heterocycles. The largest absolute Gasteiger partial charge is 0.371 e. The molecule has 1 aromatic carbocycles. The lowest BCUT2D eigenvalue weighted by molar-refractivity contribution is -0.0925. The molecule has 1 saturated carbocycles. The summed E-state index contributed by atoms with van der Waals surface area (Å²) in [5, 5.41) is 2.98. The summed E-state index contributed by atoms with van der Waals surface area (Å²) in [5.74, 6) is 0. The topological polar surface area (TPSA) is 58.6 Å². The Balaban J connectivity index is 1.53. The van der Waals surface area contributed by atoms with E-state index in [1.54, 1.807) is 6.26 Å². The fourth-order valence-corrected chi connectivity index (χ4v) is 3.95. The van der Waals surface area contributed by atoms with Gasteiger partial charge in [-0.3, -0.25) is 4.21 Å². The number of amides is 2. The number of ether oxygens (including phenoxy) is 1. The molecule has 2 fully saturated rings. The van der Waals surface area contributed by atoms with Crippen LogP contribution in [0.3, 0.4) is 0 Å². The Bertz CT molecular complexity index is 582. The molecule has 1 atom stereocenters. The number of urea groups is 1. The second-order valence-corrected chi connectivity index (χ2v) is 7.80. The van der Waals surface area contributed by atoms with Crippen LogP contribution in [0.4, 0.5) is 4.79 Å². The van der Waals surface area contributed by atoms with Crippen molar-refractivity contribution in [2.24, 2.45) is 0 Å². The fourth-order valence-electron chi connectivity index (χ4n) is 3.43. The molecule has 6 heteroatoms. The fraction of sp³-hybridized carbons (Fsp3) is 0.588. The highest BCUT2D eigenvalue weighted by Crippen LogP contribution is 2.35. The van der Waals surface area contributed by atoms with Gasteiger partial charge in [0, 0.05) is 35.0 Å². The molecular formula is C17H24N2O3S. The number of morpholine rings is 1. The van der Waals surface area contributed by atoms with Crippen molar-refractivity contribution in [3.8, 4) is 0 Å². The van der Waals surface area contributed by atoms with Crippen LogP contribution in [-0.2, 0) is 22.1 Å².